The molecule has 3 heterocycles. The van der Waals surface area contributed by atoms with Gasteiger partial charge in [-0.15, -0.1) is 0 Å². The summed E-state index contributed by atoms with van der Waals surface area (Å²) < 4.78 is 44.2. The number of nitrogen functional groups attached to an aromatic ring is 1. The van der Waals surface area contributed by atoms with E-state index in [0.717, 1.165) is 0 Å². The molecule has 0 saturated carbocycles. The lowest BCUT2D eigenvalue weighted by Crippen LogP contribution is -2.43. The van der Waals surface area contributed by atoms with E-state index in [9.17, 15) is 14.5 Å². The normalized spacial score (nSPS) is 24.0. The highest BCUT2D eigenvalue weighted by Crippen LogP contribution is 2.48. The monoisotopic (exact) mass is 633 g/mol. The molecule has 2 aromatic heterocycles. The van der Waals surface area contributed by atoms with Gasteiger partial charge in [0, 0.05) is 0 Å². The van der Waals surface area contributed by atoms with Gasteiger partial charge in [0.25, 0.3) is 0 Å². The summed E-state index contributed by atoms with van der Waals surface area (Å²) in [5.41, 5.74) is 4.96. The van der Waals surface area contributed by atoms with Gasteiger partial charge in [0.2, 0.25) is 11.8 Å². The first-order chi connectivity index (χ1) is 20.7. The third kappa shape index (κ3) is 7.36. The zero-order valence-corrected chi connectivity index (χ0v) is 26.6. The number of carbonyl (C=O) groups is 1. The van der Waals surface area contributed by atoms with E-state index in [1.165, 1.54) is 13.3 Å². The highest BCUT2D eigenvalue weighted by molar-refractivity contribution is 7.52. The average molecular weight is 634 g/mol. The molecule has 0 spiro atoms. The lowest BCUT2D eigenvalue weighted by Gasteiger charge is -2.28. The SMILES string of the molecule is C=N[C@]1(C)[C@H](O)[C@@H](COP(=O)(N[C@@H](C)C(=O)OCC(C)(C)C)Oc2ccccc2)O[C@H]1n1cnc2c(OCC)nc(N)nc21. The Morgan fingerprint density at radius 1 is 1.32 bits per heavy atom. The van der Waals surface area contributed by atoms with Gasteiger partial charge >= 0.3 is 13.7 Å². The molecule has 1 aliphatic rings. The number of hydrogen-bond donors (Lipinski definition) is 3. The Balaban J connectivity index is 1.57. The molecule has 6 atom stereocenters. The number of ether oxygens (including phenoxy) is 3. The van der Waals surface area contributed by atoms with Gasteiger partial charge in [-0.25, -0.2) is 9.55 Å². The van der Waals surface area contributed by atoms with Crippen molar-refractivity contribution in [2.75, 3.05) is 25.6 Å². The highest BCUT2D eigenvalue weighted by Gasteiger charge is 2.55. The molecule has 1 aliphatic heterocycles. The summed E-state index contributed by atoms with van der Waals surface area (Å²) in [7, 11) is -4.25. The summed E-state index contributed by atoms with van der Waals surface area (Å²) in [5, 5.41) is 14.0. The maximum atomic E-state index is 14.0. The van der Waals surface area contributed by atoms with Crippen molar-refractivity contribution in [1.82, 2.24) is 24.6 Å². The zero-order chi connectivity index (χ0) is 32.3. The summed E-state index contributed by atoms with van der Waals surface area (Å²) in [6, 6.07) is 7.27. The van der Waals surface area contributed by atoms with Crippen LogP contribution in [-0.4, -0.2) is 80.9 Å². The molecule has 16 heteroatoms. The summed E-state index contributed by atoms with van der Waals surface area (Å²) in [4.78, 5) is 29.6. The van der Waals surface area contributed by atoms with Crippen LogP contribution in [0.1, 0.15) is 47.8 Å². The van der Waals surface area contributed by atoms with E-state index < -0.39 is 50.3 Å². The first-order valence-corrected chi connectivity index (χ1v) is 15.6. The molecular formula is C28H40N7O8P. The number of aliphatic hydroxyl groups is 1. The number of para-hydroxylation sites is 1. The Hall–Kier alpha value is -3.62. The molecule has 0 radical (unpaired) electrons. The van der Waals surface area contributed by atoms with Crippen molar-refractivity contribution < 1.29 is 37.7 Å². The smallest absolute Gasteiger partial charge is 0.459 e. The Labute approximate surface area is 255 Å². The van der Waals surface area contributed by atoms with E-state index in [2.05, 4.69) is 31.7 Å². The number of nitrogens with one attached hydrogen (secondary N) is 1. The fourth-order valence-corrected chi connectivity index (χ4v) is 5.95. The number of hydrogen-bond acceptors (Lipinski definition) is 13. The number of nitrogens with zero attached hydrogens (tertiary/aromatic N) is 5. The lowest BCUT2D eigenvalue weighted by molar-refractivity contribution is -0.148. The quantitative estimate of drug-likeness (QED) is 0.141. The number of esters is 1. The zero-order valence-electron chi connectivity index (χ0n) is 25.7. The fraction of sp³-hybridized carbons (Fsp3) is 0.536. The summed E-state index contributed by atoms with van der Waals surface area (Å²) in [5.74, 6) is -0.259. The van der Waals surface area contributed by atoms with Gasteiger partial charge in [-0.3, -0.25) is 18.9 Å². The molecule has 4 rings (SSSR count). The first-order valence-electron chi connectivity index (χ1n) is 14.1. The van der Waals surface area contributed by atoms with E-state index >= 15 is 0 Å². The Bertz CT molecular complexity index is 1510. The third-order valence-corrected chi connectivity index (χ3v) is 8.41. The molecular weight excluding hydrogens is 593 g/mol. The predicted octanol–water partition coefficient (Wildman–Crippen LogP) is 3.30. The summed E-state index contributed by atoms with van der Waals surface area (Å²) in [6.07, 6.45) is -1.89. The van der Waals surface area contributed by atoms with Crippen molar-refractivity contribution in [2.45, 2.75) is 71.6 Å². The number of benzene rings is 1. The maximum absolute atomic E-state index is 14.0. The molecule has 15 nitrogen and oxygen atoms in total. The van der Waals surface area contributed by atoms with Crippen molar-refractivity contribution >= 4 is 37.5 Å². The van der Waals surface area contributed by atoms with Gasteiger partial charge in [-0.2, -0.15) is 15.1 Å². The van der Waals surface area contributed by atoms with Crippen LogP contribution in [0.3, 0.4) is 0 Å². The molecule has 1 unspecified atom stereocenters. The van der Waals surface area contributed by atoms with Crippen molar-refractivity contribution in [1.29, 1.82) is 0 Å². The van der Waals surface area contributed by atoms with Gasteiger partial charge in [-0.1, -0.05) is 39.0 Å². The van der Waals surface area contributed by atoms with Crippen molar-refractivity contribution in [2.24, 2.45) is 10.4 Å². The lowest BCUT2D eigenvalue weighted by atomic mass is 9.93. The van der Waals surface area contributed by atoms with E-state index in [1.807, 2.05) is 20.8 Å². The molecule has 0 bridgehead atoms. The van der Waals surface area contributed by atoms with Crippen LogP contribution in [-0.2, 0) is 23.4 Å². The fourth-order valence-electron chi connectivity index (χ4n) is 4.45. The topological polar surface area (TPSA) is 195 Å². The number of rotatable bonds is 13. The number of imidazole rings is 1. The van der Waals surface area contributed by atoms with Crippen LogP contribution in [0.5, 0.6) is 11.6 Å². The third-order valence-electron chi connectivity index (χ3n) is 6.77. The molecule has 3 aromatic rings. The van der Waals surface area contributed by atoms with E-state index in [4.69, 9.17) is 29.0 Å². The Kier molecular flexibility index (Phi) is 9.96. The average Bonchev–Trinajstić information content (AvgIpc) is 3.49. The second-order valence-electron chi connectivity index (χ2n) is 11.7. The molecule has 4 N–H and O–H groups in total. The van der Waals surface area contributed by atoms with Crippen LogP contribution in [0, 0.1) is 5.41 Å². The number of aliphatic imine (C=N–C) groups is 1. The van der Waals surface area contributed by atoms with Crippen molar-refractivity contribution in [3.63, 3.8) is 0 Å². The van der Waals surface area contributed by atoms with Crippen LogP contribution >= 0.6 is 7.75 Å². The Morgan fingerprint density at radius 3 is 2.66 bits per heavy atom. The maximum Gasteiger partial charge on any atom is 0.459 e. The molecule has 0 aliphatic carbocycles. The van der Waals surface area contributed by atoms with Gasteiger partial charge in [0.1, 0.15) is 29.5 Å². The minimum Gasteiger partial charge on any atom is -0.476 e. The molecule has 1 aromatic carbocycles. The van der Waals surface area contributed by atoms with E-state index in [-0.39, 0.29) is 35.2 Å². The van der Waals surface area contributed by atoms with Crippen molar-refractivity contribution in [3.8, 4) is 11.6 Å². The van der Waals surface area contributed by atoms with Crippen LogP contribution in [0.15, 0.2) is 41.7 Å². The number of carbonyl (C=O) groups excluding carboxylic acids is 1. The van der Waals surface area contributed by atoms with Gasteiger partial charge < -0.3 is 29.6 Å². The number of fused-ring (bicyclic) bond motifs is 1. The first kappa shape index (κ1) is 33.3. The van der Waals surface area contributed by atoms with E-state index in [1.54, 1.807) is 48.7 Å². The molecule has 240 valence electrons. The van der Waals surface area contributed by atoms with Gasteiger partial charge in [0.05, 0.1) is 26.1 Å². The van der Waals surface area contributed by atoms with Gasteiger partial charge in [-0.05, 0) is 45.0 Å². The largest absolute Gasteiger partial charge is 0.476 e. The summed E-state index contributed by atoms with van der Waals surface area (Å²) >= 11 is 0. The Morgan fingerprint density at radius 2 is 2.02 bits per heavy atom. The minimum atomic E-state index is -4.25. The minimum absolute atomic E-state index is 0.0467. The standard InChI is InChI=1S/C28H40N7O8P/c1-8-39-23-20-22(32-26(29)33-23)35(16-31-20)25-28(6,30-7)21(36)19(42-25)14-41-44(38,43-18-12-10-9-11-13-18)34-17(2)24(37)40-15-27(3,4)5/h9-13,16-17,19,21,25,36H,7-8,14-15H2,1-6H3,(H,34,38)(H2,29,32,33)/t17-,19+,21+,25+,28+,44?/m0/s1. The van der Waals surface area contributed by atoms with Crippen molar-refractivity contribution in [3.05, 3.63) is 36.7 Å². The van der Waals surface area contributed by atoms with Crippen LogP contribution in [0.25, 0.3) is 11.2 Å². The number of nitrogens with two attached hydrogens (primary N) is 1. The van der Waals surface area contributed by atoms with Crippen LogP contribution in [0.4, 0.5) is 5.95 Å². The number of anilines is 1. The number of aliphatic hydroxyl groups excluding tert-OH is 1. The van der Waals surface area contributed by atoms with E-state index in [0.29, 0.717) is 12.1 Å². The second-order valence-corrected chi connectivity index (χ2v) is 13.4. The molecule has 0 amide bonds. The van der Waals surface area contributed by atoms with Gasteiger partial charge in [0.15, 0.2) is 17.4 Å². The highest BCUT2D eigenvalue weighted by atomic mass is 31.2. The number of aromatic nitrogens is 4. The molecule has 1 fully saturated rings. The predicted molar refractivity (Wildman–Crippen MR) is 162 cm³/mol. The van der Waals surface area contributed by atoms with Crippen LogP contribution < -0.4 is 20.1 Å². The molecule has 44 heavy (non-hydrogen) atoms. The summed E-state index contributed by atoms with van der Waals surface area (Å²) in [6.45, 7) is 14.4. The second kappa shape index (κ2) is 13.2. The molecule has 1 saturated heterocycles. The van der Waals surface area contributed by atoms with Crippen LogP contribution in [0.2, 0.25) is 0 Å².